The minimum absolute atomic E-state index is 0.0138. The first-order valence-electron chi connectivity index (χ1n) is 5.91. The number of amides is 1. The van der Waals surface area contributed by atoms with E-state index in [1.54, 1.807) is 12.1 Å². The summed E-state index contributed by atoms with van der Waals surface area (Å²) in [6, 6.07) is 3.41. The summed E-state index contributed by atoms with van der Waals surface area (Å²) in [5.41, 5.74) is 0. The van der Waals surface area contributed by atoms with Crippen molar-refractivity contribution in [3.05, 3.63) is 36.3 Å². The van der Waals surface area contributed by atoms with Gasteiger partial charge in [0.25, 0.3) is 0 Å². The van der Waals surface area contributed by atoms with Gasteiger partial charge in [0.1, 0.15) is 11.9 Å². The second-order valence-electron chi connectivity index (χ2n) is 4.26. The zero-order valence-corrected chi connectivity index (χ0v) is 9.63. The van der Waals surface area contributed by atoms with E-state index < -0.39 is 6.10 Å². The number of hydrogen-bond acceptors (Lipinski definition) is 3. The average molecular weight is 235 g/mol. The van der Waals surface area contributed by atoms with Crippen molar-refractivity contribution >= 4 is 5.91 Å². The van der Waals surface area contributed by atoms with Gasteiger partial charge in [-0.05, 0) is 31.4 Å². The molecule has 0 radical (unpaired) electrons. The van der Waals surface area contributed by atoms with Crippen LogP contribution in [0.4, 0.5) is 0 Å². The molecule has 1 heterocycles. The first kappa shape index (κ1) is 11.9. The molecule has 0 saturated carbocycles. The van der Waals surface area contributed by atoms with Crippen LogP contribution in [0, 0.1) is 5.92 Å². The van der Waals surface area contributed by atoms with E-state index in [1.165, 1.54) is 6.26 Å². The molecule has 0 aromatic carbocycles. The lowest BCUT2D eigenvalue weighted by molar-refractivity contribution is -0.125. The smallest absolute Gasteiger partial charge is 0.223 e. The molecule has 1 aromatic heterocycles. The molecule has 1 aliphatic rings. The number of hydrogen-bond donors (Lipinski definition) is 2. The number of furan rings is 1. The van der Waals surface area contributed by atoms with Gasteiger partial charge in [-0.3, -0.25) is 4.79 Å². The van der Waals surface area contributed by atoms with Gasteiger partial charge in [0.05, 0.1) is 12.8 Å². The molecule has 0 fully saturated rings. The van der Waals surface area contributed by atoms with Crippen LogP contribution in [0.5, 0.6) is 0 Å². The number of allylic oxidation sites excluding steroid dienone is 2. The molecule has 0 aliphatic heterocycles. The van der Waals surface area contributed by atoms with E-state index in [0.29, 0.717) is 5.76 Å². The third kappa shape index (κ3) is 3.20. The van der Waals surface area contributed by atoms with Crippen LogP contribution in [0.2, 0.25) is 0 Å². The zero-order chi connectivity index (χ0) is 12.1. The second-order valence-corrected chi connectivity index (χ2v) is 4.26. The van der Waals surface area contributed by atoms with Gasteiger partial charge in [-0.1, -0.05) is 12.2 Å². The van der Waals surface area contributed by atoms with E-state index in [4.69, 9.17) is 4.42 Å². The van der Waals surface area contributed by atoms with Crippen LogP contribution in [-0.2, 0) is 4.79 Å². The summed E-state index contributed by atoms with van der Waals surface area (Å²) in [6.45, 7) is 0.201. The number of carbonyl (C=O) groups is 1. The van der Waals surface area contributed by atoms with Crippen molar-refractivity contribution in [2.24, 2.45) is 5.92 Å². The van der Waals surface area contributed by atoms with Crippen molar-refractivity contribution in [1.29, 1.82) is 0 Å². The highest BCUT2D eigenvalue weighted by Crippen LogP contribution is 2.18. The molecule has 0 bridgehead atoms. The van der Waals surface area contributed by atoms with Gasteiger partial charge in [0.2, 0.25) is 5.91 Å². The maximum Gasteiger partial charge on any atom is 0.223 e. The first-order valence-corrected chi connectivity index (χ1v) is 5.91. The Labute approximate surface area is 100 Å². The Kier molecular flexibility index (Phi) is 3.98. The molecular weight excluding hydrogens is 218 g/mol. The van der Waals surface area contributed by atoms with Crippen LogP contribution >= 0.6 is 0 Å². The monoisotopic (exact) mass is 235 g/mol. The van der Waals surface area contributed by atoms with Gasteiger partial charge in [-0.15, -0.1) is 0 Å². The van der Waals surface area contributed by atoms with Crippen LogP contribution in [0.3, 0.4) is 0 Å². The fourth-order valence-corrected chi connectivity index (χ4v) is 1.95. The first-order chi connectivity index (χ1) is 8.27. The van der Waals surface area contributed by atoms with Crippen LogP contribution in [0.1, 0.15) is 31.1 Å². The largest absolute Gasteiger partial charge is 0.467 e. The van der Waals surface area contributed by atoms with Crippen LogP contribution < -0.4 is 5.32 Å². The summed E-state index contributed by atoms with van der Waals surface area (Å²) < 4.78 is 5.06. The Morgan fingerprint density at radius 3 is 3.12 bits per heavy atom. The third-order valence-electron chi connectivity index (χ3n) is 2.98. The van der Waals surface area contributed by atoms with Crippen molar-refractivity contribution in [1.82, 2.24) is 5.32 Å². The lowest BCUT2D eigenvalue weighted by Gasteiger charge is -2.18. The molecule has 2 atom stereocenters. The van der Waals surface area contributed by atoms with Crippen molar-refractivity contribution in [3.8, 4) is 0 Å². The van der Waals surface area contributed by atoms with Gasteiger partial charge < -0.3 is 14.8 Å². The molecule has 0 spiro atoms. The molecule has 17 heavy (non-hydrogen) atoms. The normalized spacial score (nSPS) is 21.1. The van der Waals surface area contributed by atoms with Crippen molar-refractivity contribution < 1.29 is 14.3 Å². The Hall–Kier alpha value is -1.55. The minimum atomic E-state index is -0.770. The van der Waals surface area contributed by atoms with E-state index >= 15 is 0 Å². The predicted molar refractivity (Wildman–Crippen MR) is 63.2 cm³/mol. The third-order valence-corrected chi connectivity index (χ3v) is 2.98. The molecule has 1 aliphatic carbocycles. The highest BCUT2D eigenvalue weighted by Gasteiger charge is 2.19. The summed E-state index contributed by atoms with van der Waals surface area (Å²) in [6.07, 6.45) is 7.51. The maximum atomic E-state index is 11.8. The van der Waals surface area contributed by atoms with E-state index in [9.17, 15) is 9.90 Å². The fraction of sp³-hybridized carbons (Fsp3) is 0.462. The van der Waals surface area contributed by atoms with Crippen molar-refractivity contribution in [3.63, 3.8) is 0 Å². The molecule has 92 valence electrons. The molecule has 2 N–H and O–H groups in total. The number of aliphatic hydroxyl groups excluding tert-OH is 1. The van der Waals surface area contributed by atoms with Gasteiger partial charge in [0.15, 0.2) is 0 Å². The Morgan fingerprint density at radius 2 is 2.47 bits per heavy atom. The van der Waals surface area contributed by atoms with Gasteiger partial charge in [0, 0.05) is 5.92 Å². The fourth-order valence-electron chi connectivity index (χ4n) is 1.95. The lowest BCUT2D eigenvalue weighted by Crippen LogP contribution is -2.34. The zero-order valence-electron chi connectivity index (χ0n) is 9.63. The van der Waals surface area contributed by atoms with E-state index in [2.05, 4.69) is 11.4 Å². The van der Waals surface area contributed by atoms with E-state index in [1.807, 2.05) is 6.08 Å². The van der Waals surface area contributed by atoms with Gasteiger partial charge >= 0.3 is 0 Å². The topological polar surface area (TPSA) is 62.5 Å². The van der Waals surface area contributed by atoms with Crippen molar-refractivity contribution in [2.45, 2.75) is 25.4 Å². The Balaban J connectivity index is 1.78. The average Bonchev–Trinajstić information content (AvgIpc) is 2.90. The summed E-state index contributed by atoms with van der Waals surface area (Å²) in [7, 11) is 0. The quantitative estimate of drug-likeness (QED) is 0.782. The molecule has 1 aromatic rings. The molecule has 2 unspecified atom stereocenters. The minimum Gasteiger partial charge on any atom is -0.467 e. The molecule has 4 heteroatoms. The number of rotatable bonds is 4. The Bertz CT molecular complexity index is 383. The van der Waals surface area contributed by atoms with Crippen molar-refractivity contribution in [2.75, 3.05) is 6.54 Å². The molecule has 4 nitrogen and oxygen atoms in total. The summed E-state index contributed by atoms with van der Waals surface area (Å²) in [5, 5.41) is 12.5. The van der Waals surface area contributed by atoms with Gasteiger partial charge in [-0.25, -0.2) is 0 Å². The lowest BCUT2D eigenvalue weighted by atomic mass is 9.93. The van der Waals surface area contributed by atoms with Gasteiger partial charge in [-0.2, -0.15) is 0 Å². The van der Waals surface area contributed by atoms with E-state index in [0.717, 1.165) is 19.3 Å². The standard InChI is InChI=1S/C13H17NO3/c15-11(12-7-4-8-17-12)9-14-13(16)10-5-2-1-3-6-10/h1-2,4,7-8,10-11,15H,3,5-6,9H2,(H,14,16). The molecule has 0 saturated heterocycles. The molecular formula is C13H17NO3. The van der Waals surface area contributed by atoms with Crippen LogP contribution in [0.25, 0.3) is 0 Å². The van der Waals surface area contributed by atoms with Crippen LogP contribution in [0.15, 0.2) is 35.0 Å². The highest BCUT2D eigenvalue weighted by molar-refractivity contribution is 5.79. The number of aliphatic hydroxyl groups is 1. The summed E-state index contributed by atoms with van der Waals surface area (Å²) >= 11 is 0. The SMILES string of the molecule is O=C(NCC(O)c1ccco1)C1CC=CCC1. The Morgan fingerprint density at radius 1 is 1.59 bits per heavy atom. The predicted octanol–water partition coefficient (Wildman–Crippen LogP) is 1.79. The number of carbonyl (C=O) groups excluding carboxylic acids is 1. The summed E-state index contributed by atoms with van der Waals surface area (Å²) in [4.78, 5) is 11.8. The maximum absolute atomic E-state index is 11.8. The second kappa shape index (κ2) is 5.68. The number of nitrogens with one attached hydrogen (secondary N) is 1. The van der Waals surface area contributed by atoms with E-state index in [-0.39, 0.29) is 18.4 Å². The molecule has 1 amide bonds. The molecule has 2 rings (SSSR count). The summed E-state index contributed by atoms with van der Waals surface area (Å²) in [5.74, 6) is 0.539. The highest BCUT2D eigenvalue weighted by atomic mass is 16.4. The van der Waals surface area contributed by atoms with Crippen LogP contribution in [-0.4, -0.2) is 17.6 Å².